The summed E-state index contributed by atoms with van der Waals surface area (Å²) in [6.45, 7) is 2.59. The Morgan fingerprint density at radius 3 is 2.26 bits per heavy atom. The molecule has 3 rings (SSSR count). The molecular weight excluding hydrogens is 457 g/mol. The summed E-state index contributed by atoms with van der Waals surface area (Å²) >= 11 is 0. The van der Waals surface area contributed by atoms with E-state index in [1.54, 1.807) is 4.90 Å². The minimum atomic E-state index is -1.52. The number of carbonyl (C=O) groups is 2. The van der Waals surface area contributed by atoms with Gasteiger partial charge in [-0.15, -0.1) is 0 Å². The Balaban J connectivity index is 1.78. The van der Waals surface area contributed by atoms with Gasteiger partial charge in [0, 0.05) is 44.3 Å². The van der Waals surface area contributed by atoms with E-state index in [1.807, 2.05) is 7.05 Å². The molecule has 196 valence electrons. The smallest absolute Gasteiger partial charge is 0.254 e. The quantitative estimate of drug-likeness (QED) is 0.542. The van der Waals surface area contributed by atoms with Crippen molar-refractivity contribution in [3.05, 3.63) is 35.6 Å². The number of hydrogen-bond acceptors (Lipinski definition) is 7. The van der Waals surface area contributed by atoms with E-state index in [-0.39, 0.29) is 43.6 Å². The van der Waals surface area contributed by atoms with Gasteiger partial charge >= 0.3 is 0 Å². The highest BCUT2D eigenvalue weighted by Gasteiger charge is 2.31. The molecule has 2 heterocycles. The van der Waals surface area contributed by atoms with Crippen molar-refractivity contribution in [3.8, 4) is 0 Å². The van der Waals surface area contributed by atoms with Gasteiger partial charge in [0.25, 0.3) is 5.91 Å². The highest BCUT2D eigenvalue weighted by molar-refractivity contribution is 5.94. The lowest BCUT2D eigenvalue weighted by Crippen LogP contribution is -2.50. The number of nitrogens with zero attached hydrogens (tertiary/aromatic N) is 3. The number of carbonyl (C=O) groups excluding carboxylic acids is 2. The highest BCUT2D eigenvalue weighted by atomic mass is 19.1. The van der Waals surface area contributed by atoms with E-state index >= 15 is 0 Å². The molecule has 0 aromatic heterocycles. The summed E-state index contributed by atoms with van der Waals surface area (Å²) in [5.74, 6) is -0.932. The molecule has 0 aliphatic carbocycles. The molecule has 0 spiro atoms. The molecule has 0 bridgehead atoms. The summed E-state index contributed by atoms with van der Waals surface area (Å²) in [5.41, 5.74) is 0.228. The van der Waals surface area contributed by atoms with E-state index in [9.17, 15) is 29.3 Å². The Morgan fingerprint density at radius 2 is 1.57 bits per heavy atom. The zero-order chi connectivity index (χ0) is 25.4. The topological polar surface area (TPSA) is 114 Å². The second kappa shape index (κ2) is 13.3. The number of benzene rings is 1. The van der Waals surface area contributed by atoms with E-state index in [0.717, 1.165) is 25.9 Å². The van der Waals surface area contributed by atoms with Crippen LogP contribution in [0.2, 0.25) is 0 Å². The van der Waals surface area contributed by atoms with Crippen LogP contribution in [0.1, 0.15) is 36.0 Å². The van der Waals surface area contributed by atoms with Crippen LogP contribution in [-0.4, -0.2) is 120 Å². The first kappa shape index (κ1) is 27.5. The van der Waals surface area contributed by atoms with Gasteiger partial charge < -0.3 is 34.8 Å². The van der Waals surface area contributed by atoms with Crippen molar-refractivity contribution < 1.29 is 34.0 Å². The molecule has 0 saturated carbocycles. The van der Waals surface area contributed by atoms with Gasteiger partial charge in [-0.3, -0.25) is 9.59 Å². The summed E-state index contributed by atoms with van der Waals surface area (Å²) < 4.78 is 18.8. The van der Waals surface area contributed by atoms with Gasteiger partial charge in [-0.25, -0.2) is 4.39 Å². The van der Waals surface area contributed by atoms with Crippen LogP contribution in [0.3, 0.4) is 0 Å². The molecule has 2 saturated heterocycles. The van der Waals surface area contributed by atoms with E-state index in [1.165, 1.54) is 29.2 Å². The van der Waals surface area contributed by atoms with E-state index in [0.29, 0.717) is 26.0 Å². The number of amides is 2. The maximum absolute atomic E-state index is 13.4. The van der Waals surface area contributed by atoms with Crippen LogP contribution in [0.5, 0.6) is 0 Å². The molecule has 2 aliphatic rings. The summed E-state index contributed by atoms with van der Waals surface area (Å²) in [7, 11) is 2.04. The lowest BCUT2D eigenvalue weighted by molar-refractivity contribution is -0.137. The van der Waals surface area contributed by atoms with Gasteiger partial charge in [-0.2, -0.15) is 0 Å². The van der Waals surface area contributed by atoms with Crippen molar-refractivity contribution in [2.24, 2.45) is 5.92 Å². The van der Waals surface area contributed by atoms with Crippen LogP contribution < -0.4 is 0 Å². The Morgan fingerprint density at radius 1 is 0.914 bits per heavy atom. The maximum Gasteiger partial charge on any atom is 0.254 e. The number of aliphatic hydroxyl groups excluding tert-OH is 3. The molecule has 3 N–H and O–H groups in total. The van der Waals surface area contributed by atoms with Crippen molar-refractivity contribution in [1.29, 1.82) is 0 Å². The van der Waals surface area contributed by atoms with Gasteiger partial charge in [0.15, 0.2) is 0 Å². The lowest BCUT2D eigenvalue weighted by Gasteiger charge is -2.35. The second-order valence-electron chi connectivity index (χ2n) is 9.57. The number of likely N-dealkylation sites (tertiary alicyclic amines) is 1. The van der Waals surface area contributed by atoms with Crippen LogP contribution >= 0.6 is 0 Å². The summed E-state index contributed by atoms with van der Waals surface area (Å²) in [5, 5.41) is 31.1. The zero-order valence-electron chi connectivity index (χ0n) is 20.4. The number of halogens is 1. The SMILES string of the molecule is CN1CCC(C(=O)N2CCCCOC[C@@H](O)[C@H](O)[C@@H](O)CN(C(=O)c3ccc(F)cc3)CC2)CC1. The first-order valence-corrected chi connectivity index (χ1v) is 12.4. The average molecular weight is 496 g/mol. The molecule has 2 aliphatic heterocycles. The predicted octanol–water partition coefficient (Wildman–Crippen LogP) is 0.331. The molecule has 35 heavy (non-hydrogen) atoms. The van der Waals surface area contributed by atoms with Gasteiger partial charge in [-0.1, -0.05) is 0 Å². The second-order valence-corrected chi connectivity index (χ2v) is 9.57. The van der Waals surface area contributed by atoms with Crippen molar-refractivity contribution in [2.45, 2.75) is 44.0 Å². The molecule has 1 aromatic rings. The van der Waals surface area contributed by atoms with Crippen LogP contribution in [-0.2, 0) is 9.53 Å². The minimum Gasteiger partial charge on any atom is -0.388 e. The van der Waals surface area contributed by atoms with E-state index in [4.69, 9.17) is 4.74 Å². The Hall–Kier alpha value is -2.11. The van der Waals surface area contributed by atoms with Crippen molar-refractivity contribution in [1.82, 2.24) is 14.7 Å². The molecule has 0 radical (unpaired) electrons. The molecule has 0 unspecified atom stereocenters. The molecule has 10 heteroatoms. The molecular formula is C25H38FN3O6. The minimum absolute atomic E-state index is 0.0647. The largest absolute Gasteiger partial charge is 0.388 e. The maximum atomic E-state index is 13.4. The molecule has 3 atom stereocenters. The third-order valence-electron chi connectivity index (χ3n) is 6.85. The summed E-state index contributed by atoms with van der Waals surface area (Å²) in [6, 6.07) is 5.07. The number of aliphatic hydroxyl groups is 3. The van der Waals surface area contributed by atoms with E-state index < -0.39 is 30.0 Å². The zero-order valence-corrected chi connectivity index (χ0v) is 20.4. The Kier molecular flexibility index (Phi) is 10.4. The standard InChI is InChI=1S/C25H38FN3O6/c1-27-11-8-19(9-12-27)24(33)28-10-2-3-15-35-17-22(31)23(32)21(30)16-29(14-13-28)25(34)18-4-6-20(26)7-5-18/h4-7,19,21-23,30-32H,2-3,8-17H2,1H3/t21-,22+,23+/m0/s1. The first-order valence-electron chi connectivity index (χ1n) is 12.4. The van der Waals surface area contributed by atoms with Gasteiger partial charge in [0.1, 0.15) is 24.1 Å². The molecule has 9 nitrogen and oxygen atoms in total. The number of hydrogen-bond donors (Lipinski definition) is 3. The van der Waals surface area contributed by atoms with Crippen molar-refractivity contribution in [2.75, 3.05) is 59.5 Å². The number of ether oxygens (including phenoxy) is 1. The summed E-state index contributed by atoms with van der Waals surface area (Å²) in [6.07, 6.45) is -1.31. The third-order valence-corrected chi connectivity index (χ3v) is 6.85. The van der Waals surface area contributed by atoms with Crippen molar-refractivity contribution in [3.63, 3.8) is 0 Å². The van der Waals surface area contributed by atoms with E-state index in [2.05, 4.69) is 4.90 Å². The number of β-amino-alcohol motifs (C(OH)–C–C–N with tert-alkyl or cyclic N) is 1. The average Bonchev–Trinajstić information content (AvgIpc) is 2.85. The van der Waals surface area contributed by atoms with Gasteiger partial charge in [0.05, 0.1) is 6.61 Å². The van der Waals surface area contributed by atoms with Crippen LogP contribution in [0, 0.1) is 11.7 Å². The van der Waals surface area contributed by atoms with Gasteiger partial charge in [0.2, 0.25) is 5.91 Å². The first-order chi connectivity index (χ1) is 16.8. The number of rotatable bonds is 2. The molecule has 2 fully saturated rings. The monoisotopic (exact) mass is 495 g/mol. The van der Waals surface area contributed by atoms with Crippen LogP contribution in [0.25, 0.3) is 0 Å². The normalized spacial score (nSPS) is 26.8. The van der Waals surface area contributed by atoms with Crippen LogP contribution in [0.15, 0.2) is 24.3 Å². The lowest BCUT2D eigenvalue weighted by atomic mass is 9.95. The molecule has 1 aromatic carbocycles. The van der Waals surface area contributed by atoms with Crippen molar-refractivity contribution >= 4 is 11.8 Å². The predicted molar refractivity (Wildman–Crippen MR) is 127 cm³/mol. The van der Waals surface area contributed by atoms with Crippen LogP contribution in [0.4, 0.5) is 4.39 Å². The fraction of sp³-hybridized carbons (Fsp3) is 0.680. The Bertz CT molecular complexity index is 818. The fourth-order valence-electron chi connectivity index (χ4n) is 4.54. The Labute approximate surface area is 206 Å². The third kappa shape index (κ3) is 7.94. The van der Waals surface area contributed by atoms with Gasteiger partial charge in [-0.05, 0) is 70.1 Å². The molecule has 2 amide bonds. The fourth-order valence-corrected chi connectivity index (χ4v) is 4.54. The summed E-state index contributed by atoms with van der Waals surface area (Å²) in [4.78, 5) is 31.9. The number of piperidine rings is 1. The highest BCUT2D eigenvalue weighted by Crippen LogP contribution is 2.20.